The maximum atomic E-state index is 6.65. The fourth-order valence-corrected chi connectivity index (χ4v) is 9.64. The molecule has 0 spiro atoms. The van der Waals surface area contributed by atoms with E-state index >= 15 is 0 Å². The zero-order valence-corrected chi connectivity index (χ0v) is 29.6. The van der Waals surface area contributed by atoms with Crippen molar-refractivity contribution >= 4 is 74.2 Å². The van der Waals surface area contributed by atoms with Crippen molar-refractivity contribution in [3.05, 3.63) is 169 Å². The topological polar surface area (TPSA) is 37.4 Å². The summed E-state index contributed by atoms with van der Waals surface area (Å²) in [5.74, 6) is 5.20. The molecule has 6 nitrogen and oxygen atoms in total. The van der Waals surface area contributed by atoms with E-state index in [-0.39, 0.29) is 6.71 Å². The van der Waals surface area contributed by atoms with Crippen molar-refractivity contribution in [2.75, 3.05) is 14.7 Å². The first-order valence-corrected chi connectivity index (χ1v) is 18.9. The number of nitrogens with zero attached hydrogens (tertiary/aromatic N) is 3. The first-order chi connectivity index (χ1) is 27.3. The van der Waals surface area contributed by atoms with Crippen molar-refractivity contribution < 1.29 is 14.2 Å². The number of benzene rings is 7. The number of hydrogen-bond acceptors (Lipinski definition) is 6. The monoisotopic (exact) mass is 707 g/mol. The van der Waals surface area contributed by atoms with Crippen LogP contribution in [0, 0.1) is 0 Å². The van der Waals surface area contributed by atoms with Gasteiger partial charge in [-0.3, -0.25) is 0 Å². The van der Waals surface area contributed by atoms with E-state index < -0.39 is 0 Å². The minimum Gasteiger partial charge on any atom is -0.453 e. The van der Waals surface area contributed by atoms with Crippen molar-refractivity contribution in [2.45, 2.75) is 12.8 Å². The van der Waals surface area contributed by atoms with Crippen LogP contribution < -0.4 is 45.3 Å². The largest absolute Gasteiger partial charge is 0.453 e. The molecule has 0 saturated carbocycles. The Morgan fingerprint density at radius 2 is 0.836 bits per heavy atom. The van der Waals surface area contributed by atoms with Gasteiger partial charge in [-0.1, -0.05) is 78.9 Å². The average Bonchev–Trinajstić information content (AvgIpc) is 3.24. The van der Waals surface area contributed by atoms with Crippen LogP contribution >= 0.6 is 0 Å². The first kappa shape index (κ1) is 29.4. The van der Waals surface area contributed by atoms with Crippen LogP contribution in [-0.4, -0.2) is 6.71 Å². The number of para-hydroxylation sites is 10. The third-order valence-electron chi connectivity index (χ3n) is 11.9. The number of hydrogen-bond donors (Lipinski definition) is 0. The summed E-state index contributed by atoms with van der Waals surface area (Å²) < 4.78 is 19.6. The standard InChI is InChI=1S/C48H30BN3O3/c1-5-17-40-34(13-1)50(35-14-2-6-18-41(35)53-40)31-25-23-29(24-26-31)30-27-38-46-39(28-30)52-37-16-4-8-20-43(37)55-45-22-10-12-33(48(45)52)49(46)32-11-9-21-44-47(32)51(38)36-15-3-7-19-42(36)54-44/h1-23,25,27-28H,24,26H2. The van der Waals surface area contributed by atoms with Gasteiger partial charge in [0.05, 0.1) is 34.1 Å². The molecule has 13 rings (SSSR count). The van der Waals surface area contributed by atoms with E-state index in [0.717, 1.165) is 81.5 Å². The van der Waals surface area contributed by atoms with E-state index in [1.54, 1.807) is 0 Å². The Labute approximate surface area is 318 Å². The van der Waals surface area contributed by atoms with E-state index in [1.807, 2.05) is 12.1 Å². The van der Waals surface area contributed by atoms with Crippen molar-refractivity contribution in [2.24, 2.45) is 0 Å². The van der Waals surface area contributed by atoms with Gasteiger partial charge < -0.3 is 28.9 Å². The summed E-state index contributed by atoms with van der Waals surface area (Å²) in [7, 11) is 0. The van der Waals surface area contributed by atoms with Gasteiger partial charge in [0, 0.05) is 17.1 Å². The molecule has 7 heteroatoms. The highest BCUT2D eigenvalue weighted by molar-refractivity contribution is 7.00. The van der Waals surface area contributed by atoms with Crippen LogP contribution in [0.3, 0.4) is 0 Å². The minimum absolute atomic E-state index is 0.00698. The van der Waals surface area contributed by atoms with Gasteiger partial charge in [0.25, 0.3) is 6.71 Å². The number of rotatable bonds is 2. The molecule has 0 bridgehead atoms. The number of fused-ring (bicyclic) bond motifs is 10. The molecule has 0 unspecified atom stereocenters. The third kappa shape index (κ3) is 3.94. The molecule has 0 amide bonds. The highest BCUT2D eigenvalue weighted by atomic mass is 16.5. The van der Waals surface area contributed by atoms with Gasteiger partial charge in [-0.15, -0.1) is 0 Å². The summed E-state index contributed by atoms with van der Waals surface area (Å²) in [5, 5.41) is 0. The second kappa shape index (κ2) is 10.7. The van der Waals surface area contributed by atoms with Crippen molar-refractivity contribution in [1.82, 2.24) is 0 Å². The van der Waals surface area contributed by atoms with Gasteiger partial charge in [0.1, 0.15) is 0 Å². The first-order valence-electron chi connectivity index (χ1n) is 18.9. The van der Waals surface area contributed by atoms with Crippen LogP contribution in [0.25, 0.3) is 5.57 Å². The molecule has 7 aromatic rings. The van der Waals surface area contributed by atoms with Crippen LogP contribution in [0.5, 0.6) is 34.5 Å². The molecule has 0 aromatic heterocycles. The molecule has 0 saturated heterocycles. The highest BCUT2D eigenvalue weighted by Crippen LogP contribution is 2.57. The summed E-state index contributed by atoms with van der Waals surface area (Å²) in [4.78, 5) is 7.28. The second-order valence-electron chi connectivity index (χ2n) is 14.8. The molecule has 6 aliphatic rings. The summed E-state index contributed by atoms with van der Waals surface area (Å²) in [6.45, 7) is -0.00698. The smallest absolute Gasteiger partial charge is 0.252 e. The van der Waals surface area contributed by atoms with Gasteiger partial charge in [-0.25, -0.2) is 0 Å². The Morgan fingerprint density at radius 3 is 1.31 bits per heavy atom. The Bertz CT molecular complexity index is 2740. The van der Waals surface area contributed by atoms with E-state index in [2.05, 4.69) is 160 Å². The molecular weight excluding hydrogens is 677 g/mol. The summed E-state index contributed by atoms with van der Waals surface area (Å²) in [5.41, 5.74) is 16.3. The maximum Gasteiger partial charge on any atom is 0.252 e. The Kier molecular flexibility index (Phi) is 5.73. The van der Waals surface area contributed by atoms with Gasteiger partial charge in [0.15, 0.2) is 34.5 Å². The fraction of sp³-hybridized carbons (Fsp3) is 0.0417. The number of allylic oxidation sites excluding steroid dienone is 4. The second-order valence-corrected chi connectivity index (χ2v) is 14.8. The maximum absolute atomic E-state index is 6.65. The van der Waals surface area contributed by atoms with E-state index in [1.165, 1.54) is 44.6 Å². The summed E-state index contributed by atoms with van der Waals surface area (Å²) in [6.07, 6.45) is 6.40. The predicted molar refractivity (Wildman–Crippen MR) is 221 cm³/mol. The zero-order chi connectivity index (χ0) is 35.8. The molecule has 5 aliphatic heterocycles. The number of ether oxygens (including phenoxy) is 3. The van der Waals surface area contributed by atoms with Gasteiger partial charge in [-0.2, -0.15) is 0 Å². The molecule has 55 heavy (non-hydrogen) atoms. The quantitative estimate of drug-likeness (QED) is 0.167. The molecule has 258 valence electrons. The SMILES string of the molecule is C1=C(c2cc3c4c(c2)N2c5ccccc5Oc5cccc(c52)B4c2cccc4c2N3c2ccccc2O4)CCC(N2c3ccccc3Oc3ccccc32)=C1. The molecule has 7 aromatic carbocycles. The molecule has 0 N–H and O–H groups in total. The number of anilines is 8. The Morgan fingerprint density at radius 1 is 0.400 bits per heavy atom. The van der Waals surface area contributed by atoms with Crippen molar-refractivity contribution in [3.8, 4) is 34.5 Å². The molecular formula is C48H30BN3O3. The molecule has 1 aliphatic carbocycles. The lowest BCUT2D eigenvalue weighted by Crippen LogP contribution is -2.61. The van der Waals surface area contributed by atoms with E-state index in [0.29, 0.717) is 0 Å². The van der Waals surface area contributed by atoms with E-state index in [4.69, 9.17) is 14.2 Å². The average molecular weight is 708 g/mol. The van der Waals surface area contributed by atoms with Crippen LogP contribution in [0.15, 0.2) is 163 Å². The molecule has 0 fully saturated rings. The minimum atomic E-state index is -0.00698. The highest BCUT2D eigenvalue weighted by Gasteiger charge is 2.48. The predicted octanol–water partition coefficient (Wildman–Crippen LogP) is 11.0. The third-order valence-corrected chi connectivity index (χ3v) is 11.9. The van der Waals surface area contributed by atoms with Gasteiger partial charge in [-0.05, 0) is 119 Å². The lowest BCUT2D eigenvalue weighted by molar-refractivity contribution is 0.475. The summed E-state index contributed by atoms with van der Waals surface area (Å²) >= 11 is 0. The Balaban J connectivity index is 1.05. The van der Waals surface area contributed by atoms with Crippen LogP contribution in [0.1, 0.15) is 18.4 Å². The zero-order valence-electron chi connectivity index (χ0n) is 29.6. The van der Waals surface area contributed by atoms with E-state index in [9.17, 15) is 0 Å². The van der Waals surface area contributed by atoms with Gasteiger partial charge >= 0.3 is 0 Å². The lowest BCUT2D eigenvalue weighted by Gasteiger charge is -2.47. The molecule has 5 heterocycles. The van der Waals surface area contributed by atoms with Crippen LogP contribution in [-0.2, 0) is 0 Å². The Hall–Kier alpha value is -7.12. The van der Waals surface area contributed by atoms with Crippen molar-refractivity contribution in [1.29, 1.82) is 0 Å². The fourth-order valence-electron chi connectivity index (χ4n) is 9.64. The molecule has 0 atom stereocenters. The van der Waals surface area contributed by atoms with Gasteiger partial charge in [0.2, 0.25) is 0 Å². The lowest BCUT2D eigenvalue weighted by atomic mass is 9.33. The van der Waals surface area contributed by atoms with Crippen LogP contribution in [0.2, 0.25) is 0 Å². The van der Waals surface area contributed by atoms with Crippen LogP contribution in [0.4, 0.5) is 45.5 Å². The van der Waals surface area contributed by atoms with Crippen molar-refractivity contribution in [3.63, 3.8) is 0 Å². The normalized spacial score (nSPS) is 15.6. The molecule has 0 radical (unpaired) electrons. The summed E-state index contributed by atoms with van der Waals surface area (Å²) in [6, 6.07) is 51.3.